The molecule has 3 rings (SSSR count). The monoisotopic (exact) mass is 305 g/mol. The zero-order valence-corrected chi connectivity index (χ0v) is 13.1. The summed E-state index contributed by atoms with van der Waals surface area (Å²) in [6.07, 6.45) is 0.910. The Morgan fingerprint density at radius 1 is 1.25 bits per heavy atom. The van der Waals surface area contributed by atoms with E-state index in [1.54, 1.807) is 11.3 Å². The number of halogens is 1. The highest BCUT2D eigenvalue weighted by atomic mass is 35.5. The largest absolute Gasteiger partial charge is 0.327 e. The van der Waals surface area contributed by atoms with E-state index >= 15 is 0 Å². The van der Waals surface area contributed by atoms with E-state index in [9.17, 15) is 0 Å². The third-order valence-electron chi connectivity index (χ3n) is 3.44. The van der Waals surface area contributed by atoms with Crippen LogP contribution in [0.1, 0.15) is 22.1 Å². The van der Waals surface area contributed by atoms with Crippen LogP contribution in [0.3, 0.4) is 0 Å². The molecular weight excluding hydrogens is 290 g/mol. The van der Waals surface area contributed by atoms with E-state index in [2.05, 4.69) is 45.0 Å². The van der Waals surface area contributed by atoms with Crippen molar-refractivity contribution in [3.8, 4) is 0 Å². The van der Waals surface area contributed by atoms with Crippen molar-refractivity contribution < 1.29 is 0 Å². The molecule has 0 aliphatic heterocycles. The predicted octanol–water partition coefficient (Wildman–Crippen LogP) is 4.09. The van der Waals surface area contributed by atoms with E-state index in [1.165, 1.54) is 5.56 Å². The second kappa shape index (κ2) is 5.54. The molecule has 0 saturated heterocycles. The minimum atomic E-state index is 0.435. The number of aromatic nitrogens is 3. The number of hydrogen-bond acceptors (Lipinski definition) is 3. The van der Waals surface area contributed by atoms with Gasteiger partial charge in [-0.1, -0.05) is 12.1 Å². The highest BCUT2D eigenvalue weighted by Gasteiger charge is 2.11. The summed E-state index contributed by atoms with van der Waals surface area (Å²) in [5.74, 6) is 1.37. The SMILES string of the molecule is Cc1nc(CCn2c(CCl)nc3c(C)cccc32)cs1. The van der Waals surface area contributed by atoms with E-state index in [4.69, 9.17) is 11.6 Å². The fourth-order valence-electron chi connectivity index (χ4n) is 2.44. The number of para-hydroxylation sites is 1. The Kier molecular flexibility index (Phi) is 3.76. The van der Waals surface area contributed by atoms with Gasteiger partial charge in [-0.3, -0.25) is 0 Å². The van der Waals surface area contributed by atoms with Gasteiger partial charge < -0.3 is 4.57 Å². The van der Waals surface area contributed by atoms with Crippen LogP contribution in [0.2, 0.25) is 0 Å². The Balaban J connectivity index is 1.95. The third-order valence-corrected chi connectivity index (χ3v) is 4.50. The number of imidazole rings is 1. The molecule has 2 aromatic heterocycles. The van der Waals surface area contributed by atoms with E-state index in [1.807, 2.05) is 6.92 Å². The molecule has 0 atom stereocenters. The fraction of sp³-hybridized carbons (Fsp3) is 0.333. The van der Waals surface area contributed by atoms with Crippen LogP contribution in [0.5, 0.6) is 0 Å². The van der Waals surface area contributed by atoms with Gasteiger partial charge in [0.05, 0.1) is 27.6 Å². The fourth-order valence-corrected chi connectivity index (χ4v) is 3.29. The van der Waals surface area contributed by atoms with Gasteiger partial charge in [0, 0.05) is 18.3 Å². The van der Waals surface area contributed by atoms with Gasteiger partial charge in [0.1, 0.15) is 5.82 Å². The number of hydrogen-bond donors (Lipinski definition) is 0. The molecule has 0 aliphatic carbocycles. The molecule has 0 amide bonds. The predicted molar refractivity (Wildman–Crippen MR) is 84.6 cm³/mol. The number of nitrogens with zero attached hydrogens (tertiary/aromatic N) is 3. The standard InChI is InChI=1S/C15H16ClN3S/c1-10-4-3-5-13-15(10)18-14(8-16)19(13)7-6-12-9-20-11(2)17-12/h3-5,9H,6-8H2,1-2H3. The number of benzene rings is 1. The summed E-state index contributed by atoms with van der Waals surface area (Å²) in [7, 11) is 0. The molecule has 5 heteroatoms. The number of aryl methyl sites for hydroxylation is 4. The molecule has 3 aromatic rings. The average Bonchev–Trinajstić information content (AvgIpc) is 3.01. The first-order valence-corrected chi connectivity index (χ1v) is 8.02. The Labute approximate surface area is 127 Å². The number of thiazole rings is 1. The van der Waals surface area contributed by atoms with Crippen molar-refractivity contribution in [2.75, 3.05) is 0 Å². The van der Waals surface area contributed by atoms with Crippen LogP contribution in [-0.4, -0.2) is 14.5 Å². The zero-order valence-electron chi connectivity index (χ0n) is 11.6. The molecule has 0 spiro atoms. The van der Waals surface area contributed by atoms with Gasteiger partial charge in [0.25, 0.3) is 0 Å². The first-order chi connectivity index (χ1) is 9.69. The van der Waals surface area contributed by atoms with E-state index in [0.29, 0.717) is 5.88 Å². The average molecular weight is 306 g/mol. The molecule has 1 aromatic carbocycles. The van der Waals surface area contributed by atoms with Crippen LogP contribution < -0.4 is 0 Å². The van der Waals surface area contributed by atoms with Gasteiger partial charge in [0.15, 0.2) is 0 Å². The molecule has 0 saturated carbocycles. The molecule has 104 valence electrons. The lowest BCUT2D eigenvalue weighted by molar-refractivity contribution is 0.680. The van der Waals surface area contributed by atoms with Crippen molar-refractivity contribution in [2.45, 2.75) is 32.7 Å². The maximum absolute atomic E-state index is 6.04. The van der Waals surface area contributed by atoms with E-state index in [0.717, 1.165) is 40.5 Å². The molecule has 2 heterocycles. The normalized spacial score (nSPS) is 11.3. The summed E-state index contributed by atoms with van der Waals surface area (Å²) in [5.41, 5.74) is 4.55. The quantitative estimate of drug-likeness (QED) is 0.680. The van der Waals surface area contributed by atoms with Gasteiger partial charge in [-0.15, -0.1) is 22.9 Å². The maximum atomic E-state index is 6.04. The summed E-state index contributed by atoms with van der Waals surface area (Å²) in [4.78, 5) is 9.18. The molecule has 0 unspecified atom stereocenters. The highest BCUT2D eigenvalue weighted by Crippen LogP contribution is 2.21. The third kappa shape index (κ3) is 2.45. The van der Waals surface area contributed by atoms with Crippen LogP contribution in [0.15, 0.2) is 23.6 Å². The Morgan fingerprint density at radius 2 is 2.10 bits per heavy atom. The first kappa shape index (κ1) is 13.6. The van der Waals surface area contributed by atoms with Crippen molar-refractivity contribution in [1.29, 1.82) is 0 Å². The smallest absolute Gasteiger partial charge is 0.124 e. The van der Waals surface area contributed by atoms with Crippen LogP contribution in [0.25, 0.3) is 11.0 Å². The summed E-state index contributed by atoms with van der Waals surface area (Å²) in [6, 6.07) is 6.26. The highest BCUT2D eigenvalue weighted by molar-refractivity contribution is 7.09. The molecule has 3 nitrogen and oxygen atoms in total. The lowest BCUT2D eigenvalue weighted by Crippen LogP contribution is -2.05. The van der Waals surface area contributed by atoms with Crippen LogP contribution in [0, 0.1) is 13.8 Å². The van der Waals surface area contributed by atoms with E-state index < -0.39 is 0 Å². The van der Waals surface area contributed by atoms with Gasteiger partial charge >= 0.3 is 0 Å². The Hall–Kier alpha value is -1.39. The van der Waals surface area contributed by atoms with Crippen LogP contribution in [0.4, 0.5) is 0 Å². The molecule has 20 heavy (non-hydrogen) atoms. The first-order valence-electron chi connectivity index (χ1n) is 6.60. The number of alkyl halides is 1. The summed E-state index contributed by atoms with van der Waals surface area (Å²) < 4.78 is 2.21. The lowest BCUT2D eigenvalue weighted by atomic mass is 10.2. The topological polar surface area (TPSA) is 30.7 Å². The second-order valence-electron chi connectivity index (χ2n) is 4.86. The van der Waals surface area contributed by atoms with Crippen LogP contribution in [-0.2, 0) is 18.8 Å². The molecule has 0 bridgehead atoms. The minimum Gasteiger partial charge on any atom is -0.327 e. The maximum Gasteiger partial charge on any atom is 0.124 e. The summed E-state index contributed by atoms with van der Waals surface area (Å²) in [5, 5.41) is 3.24. The molecule has 0 radical (unpaired) electrons. The van der Waals surface area contributed by atoms with Gasteiger partial charge in [-0.25, -0.2) is 9.97 Å². The molecular formula is C15H16ClN3S. The zero-order chi connectivity index (χ0) is 14.1. The molecule has 0 N–H and O–H groups in total. The number of rotatable bonds is 4. The van der Waals surface area contributed by atoms with Crippen molar-refractivity contribution in [3.63, 3.8) is 0 Å². The minimum absolute atomic E-state index is 0.435. The van der Waals surface area contributed by atoms with Crippen molar-refractivity contribution in [2.24, 2.45) is 0 Å². The van der Waals surface area contributed by atoms with Gasteiger partial charge in [0.2, 0.25) is 0 Å². The van der Waals surface area contributed by atoms with Crippen molar-refractivity contribution in [3.05, 3.63) is 45.7 Å². The van der Waals surface area contributed by atoms with Crippen molar-refractivity contribution in [1.82, 2.24) is 14.5 Å². The van der Waals surface area contributed by atoms with E-state index in [-0.39, 0.29) is 0 Å². The number of fused-ring (bicyclic) bond motifs is 1. The van der Waals surface area contributed by atoms with Gasteiger partial charge in [-0.2, -0.15) is 0 Å². The summed E-state index contributed by atoms with van der Waals surface area (Å²) >= 11 is 7.74. The molecule has 0 aliphatic rings. The van der Waals surface area contributed by atoms with Crippen LogP contribution >= 0.6 is 22.9 Å². The molecule has 0 fully saturated rings. The van der Waals surface area contributed by atoms with Crippen molar-refractivity contribution >= 4 is 34.0 Å². The Bertz CT molecular complexity index is 745. The summed E-state index contributed by atoms with van der Waals surface area (Å²) in [6.45, 7) is 4.99. The second-order valence-corrected chi connectivity index (χ2v) is 6.19. The Morgan fingerprint density at radius 3 is 2.80 bits per heavy atom. The lowest BCUT2D eigenvalue weighted by Gasteiger charge is -2.06. The van der Waals surface area contributed by atoms with Gasteiger partial charge in [-0.05, 0) is 25.5 Å².